The number of amides is 1. The molecule has 1 aromatic rings. The maximum absolute atomic E-state index is 11.3. The number of carbonyl (C=O) groups is 1. The van der Waals surface area contributed by atoms with Crippen LogP contribution in [0.4, 0.5) is 0 Å². The number of nitrogens with zero attached hydrogens (tertiary/aromatic N) is 1. The molecule has 0 radical (unpaired) electrons. The van der Waals surface area contributed by atoms with Crippen molar-refractivity contribution in [3.63, 3.8) is 0 Å². The molecule has 88 valence electrons. The Morgan fingerprint density at radius 2 is 2.19 bits per heavy atom. The minimum Gasteiger partial charge on any atom is -0.484 e. The summed E-state index contributed by atoms with van der Waals surface area (Å²) in [6, 6.07) is 5.23. The van der Waals surface area contributed by atoms with E-state index < -0.39 is 0 Å². The van der Waals surface area contributed by atoms with Crippen LogP contribution in [0.2, 0.25) is 5.02 Å². The van der Waals surface area contributed by atoms with Gasteiger partial charge in [0.25, 0.3) is 5.91 Å². The molecular formula is C11H14ClNO3. The molecule has 1 amide bonds. The molecule has 0 N–H and O–H groups in total. The lowest BCUT2D eigenvalue weighted by molar-refractivity contribution is -0.170. The summed E-state index contributed by atoms with van der Waals surface area (Å²) in [5.74, 6) is 0.356. The van der Waals surface area contributed by atoms with E-state index in [1.165, 1.54) is 14.2 Å². The summed E-state index contributed by atoms with van der Waals surface area (Å²) in [6.45, 7) is 1.81. The van der Waals surface area contributed by atoms with Gasteiger partial charge in [0.2, 0.25) is 0 Å². The molecule has 0 bridgehead atoms. The molecule has 0 saturated heterocycles. The van der Waals surface area contributed by atoms with Crippen molar-refractivity contribution in [1.29, 1.82) is 0 Å². The first kappa shape index (κ1) is 12.8. The van der Waals surface area contributed by atoms with Gasteiger partial charge in [-0.25, -0.2) is 5.06 Å². The van der Waals surface area contributed by atoms with Crippen molar-refractivity contribution < 1.29 is 14.4 Å². The summed E-state index contributed by atoms with van der Waals surface area (Å²) in [4.78, 5) is 16.1. The van der Waals surface area contributed by atoms with E-state index in [0.29, 0.717) is 10.8 Å². The molecule has 1 aromatic carbocycles. The zero-order valence-electron chi connectivity index (χ0n) is 9.49. The van der Waals surface area contributed by atoms with Gasteiger partial charge in [0.1, 0.15) is 5.75 Å². The van der Waals surface area contributed by atoms with Crippen LogP contribution in [0.25, 0.3) is 0 Å². The van der Waals surface area contributed by atoms with Crippen LogP contribution in [0.15, 0.2) is 18.2 Å². The summed E-state index contributed by atoms with van der Waals surface area (Å²) in [5.41, 5.74) is 0.909. The summed E-state index contributed by atoms with van der Waals surface area (Å²) in [5, 5.41) is 1.79. The van der Waals surface area contributed by atoms with Crippen molar-refractivity contribution in [3.8, 4) is 5.75 Å². The van der Waals surface area contributed by atoms with Crippen LogP contribution in [-0.2, 0) is 9.63 Å². The van der Waals surface area contributed by atoms with Gasteiger partial charge in [0.05, 0.1) is 7.11 Å². The highest BCUT2D eigenvalue weighted by Gasteiger charge is 2.08. The van der Waals surface area contributed by atoms with Crippen molar-refractivity contribution in [2.24, 2.45) is 0 Å². The molecule has 0 unspecified atom stereocenters. The van der Waals surface area contributed by atoms with E-state index in [0.717, 1.165) is 10.6 Å². The van der Waals surface area contributed by atoms with Crippen molar-refractivity contribution in [1.82, 2.24) is 5.06 Å². The number of aryl methyl sites for hydroxylation is 1. The van der Waals surface area contributed by atoms with Gasteiger partial charge in [0.15, 0.2) is 6.61 Å². The van der Waals surface area contributed by atoms with Gasteiger partial charge in [-0.05, 0) is 30.7 Å². The Hall–Kier alpha value is -1.26. The number of ether oxygens (including phenoxy) is 1. The molecule has 5 heteroatoms. The zero-order valence-corrected chi connectivity index (χ0v) is 10.2. The highest BCUT2D eigenvalue weighted by Crippen LogP contribution is 2.20. The van der Waals surface area contributed by atoms with Crippen molar-refractivity contribution in [2.45, 2.75) is 6.92 Å². The average molecular weight is 244 g/mol. The first-order valence-corrected chi connectivity index (χ1v) is 5.12. The second-order valence-electron chi connectivity index (χ2n) is 3.27. The number of likely N-dealkylation sites (N-methyl/N-ethyl adjacent to an activating group) is 1. The van der Waals surface area contributed by atoms with Crippen LogP contribution in [-0.4, -0.2) is 31.7 Å². The van der Waals surface area contributed by atoms with Gasteiger partial charge in [-0.1, -0.05) is 11.6 Å². The predicted octanol–water partition coefficient (Wildman–Crippen LogP) is 2.05. The fraction of sp³-hybridized carbons (Fsp3) is 0.364. The lowest BCUT2D eigenvalue weighted by Crippen LogP contribution is -2.30. The van der Waals surface area contributed by atoms with E-state index >= 15 is 0 Å². The molecule has 0 spiro atoms. The summed E-state index contributed by atoms with van der Waals surface area (Å²) in [7, 11) is 2.95. The third kappa shape index (κ3) is 3.40. The van der Waals surface area contributed by atoms with E-state index in [2.05, 4.69) is 0 Å². The third-order valence-electron chi connectivity index (χ3n) is 2.12. The first-order valence-electron chi connectivity index (χ1n) is 4.74. The largest absolute Gasteiger partial charge is 0.484 e. The van der Waals surface area contributed by atoms with Gasteiger partial charge in [-0.2, -0.15) is 0 Å². The van der Waals surface area contributed by atoms with Crippen LogP contribution in [0.5, 0.6) is 5.75 Å². The average Bonchev–Trinajstić information content (AvgIpc) is 2.29. The second-order valence-corrected chi connectivity index (χ2v) is 3.68. The molecule has 0 aliphatic carbocycles. The second kappa shape index (κ2) is 5.72. The first-order chi connectivity index (χ1) is 7.54. The van der Waals surface area contributed by atoms with Crippen LogP contribution >= 0.6 is 11.6 Å². The maximum Gasteiger partial charge on any atom is 0.283 e. The van der Waals surface area contributed by atoms with E-state index in [1.54, 1.807) is 18.2 Å². The molecule has 0 aliphatic heterocycles. The Morgan fingerprint density at radius 3 is 2.75 bits per heavy atom. The lowest BCUT2D eigenvalue weighted by atomic mass is 10.2. The van der Waals surface area contributed by atoms with Crippen LogP contribution < -0.4 is 4.74 Å². The highest BCUT2D eigenvalue weighted by molar-refractivity contribution is 6.31. The van der Waals surface area contributed by atoms with E-state index in [4.69, 9.17) is 21.2 Å². The molecule has 1 rings (SSSR count). The van der Waals surface area contributed by atoms with Crippen molar-refractivity contribution in [3.05, 3.63) is 28.8 Å². The SMILES string of the molecule is CON(C)C(=O)COc1ccc(Cl)c(C)c1. The van der Waals surface area contributed by atoms with Crippen molar-refractivity contribution >= 4 is 17.5 Å². The Bertz CT molecular complexity index is 381. The van der Waals surface area contributed by atoms with Crippen LogP contribution in [0.3, 0.4) is 0 Å². The van der Waals surface area contributed by atoms with Gasteiger partial charge < -0.3 is 4.74 Å². The monoisotopic (exact) mass is 243 g/mol. The van der Waals surface area contributed by atoms with Gasteiger partial charge in [-0.15, -0.1) is 0 Å². The Kier molecular flexibility index (Phi) is 4.58. The predicted molar refractivity (Wildman–Crippen MR) is 61.5 cm³/mol. The van der Waals surface area contributed by atoms with Crippen molar-refractivity contribution in [2.75, 3.05) is 20.8 Å². The fourth-order valence-corrected chi connectivity index (χ4v) is 1.16. The van der Waals surface area contributed by atoms with Gasteiger partial charge >= 0.3 is 0 Å². The number of halogens is 1. The molecule has 4 nitrogen and oxygen atoms in total. The molecule has 0 aliphatic rings. The number of benzene rings is 1. The summed E-state index contributed by atoms with van der Waals surface area (Å²) in [6.07, 6.45) is 0. The normalized spacial score (nSPS) is 10.0. The number of carbonyl (C=O) groups excluding carboxylic acids is 1. The van der Waals surface area contributed by atoms with Crippen LogP contribution in [0, 0.1) is 6.92 Å². The minimum absolute atomic E-state index is 0.0641. The molecular weight excluding hydrogens is 230 g/mol. The van der Waals surface area contributed by atoms with E-state index in [-0.39, 0.29) is 12.5 Å². The summed E-state index contributed by atoms with van der Waals surface area (Å²) < 4.78 is 5.30. The molecule has 0 fully saturated rings. The Labute approximate surface area is 99.7 Å². The van der Waals surface area contributed by atoms with E-state index in [9.17, 15) is 4.79 Å². The molecule has 0 atom stereocenters. The quantitative estimate of drug-likeness (QED) is 0.760. The van der Waals surface area contributed by atoms with Gasteiger partial charge in [-0.3, -0.25) is 9.63 Å². The Morgan fingerprint density at radius 1 is 1.50 bits per heavy atom. The third-order valence-corrected chi connectivity index (χ3v) is 2.54. The molecule has 0 saturated carbocycles. The molecule has 0 aromatic heterocycles. The highest BCUT2D eigenvalue weighted by atomic mass is 35.5. The zero-order chi connectivity index (χ0) is 12.1. The van der Waals surface area contributed by atoms with E-state index in [1.807, 2.05) is 6.92 Å². The fourth-order valence-electron chi connectivity index (χ4n) is 1.04. The summed E-state index contributed by atoms with van der Waals surface area (Å²) >= 11 is 5.87. The molecule has 0 heterocycles. The lowest BCUT2D eigenvalue weighted by Gasteiger charge is -2.14. The maximum atomic E-state index is 11.3. The van der Waals surface area contributed by atoms with Crippen LogP contribution in [0.1, 0.15) is 5.56 Å². The smallest absolute Gasteiger partial charge is 0.283 e. The number of hydrogen-bond acceptors (Lipinski definition) is 3. The van der Waals surface area contributed by atoms with Gasteiger partial charge in [0, 0.05) is 12.1 Å². The number of hydroxylamine groups is 2. The standard InChI is InChI=1S/C11H14ClNO3/c1-8-6-9(4-5-10(8)12)16-7-11(14)13(2)15-3/h4-6H,7H2,1-3H3. The Balaban J connectivity index is 2.55. The number of rotatable bonds is 4. The minimum atomic E-state index is -0.255. The topological polar surface area (TPSA) is 38.8 Å². The molecule has 16 heavy (non-hydrogen) atoms. The number of hydrogen-bond donors (Lipinski definition) is 0.